The molecule has 2 aromatic carbocycles. The molecule has 0 fully saturated rings. The van der Waals surface area contributed by atoms with Crippen molar-refractivity contribution in [1.29, 1.82) is 0 Å². The van der Waals surface area contributed by atoms with Crippen molar-refractivity contribution in [2.75, 3.05) is 4.72 Å². The maximum atomic E-state index is 12.3. The summed E-state index contributed by atoms with van der Waals surface area (Å²) in [4.78, 5) is 0.211. The van der Waals surface area contributed by atoms with Crippen molar-refractivity contribution in [2.24, 2.45) is 0 Å². The van der Waals surface area contributed by atoms with Crippen LogP contribution in [0, 0.1) is 6.92 Å². The Morgan fingerprint density at radius 3 is 2.39 bits per heavy atom. The van der Waals surface area contributed by atoms with Crippen molar-refractivity contribution >= 4 is 26.5 Å². The Balaban J connectivity index is 1.74. The fourth-order valence-electron chi connectivity index (χ4n) is 2.03. The Morgan fingerprint density at radius 2 is 1.70 bits per heavy atom. The highest BCUT2D eigenvalue weighted by Crippen LogP contribution is 2.22. The van der Waals surface area contributed by atoms with E-state index in [1.807, 2.05) is 37.3 Å². The summed E-state index contributed by atoms with van der Waals surface area (Å²) in [6.07, 6.45) is 0.630. The molecule has 0 aliphatic carbocycles. The smallest absolute Gasteiger partial charge is 0.253 e. The molecular formula is C16H15N3O2S2. The second kappa shape index (κ2) is 6.47. The molecule has 0 unspecified atom stereocenters. The Hall–Kier alpha value is -2.25. The predicted octanol–water partition coefficient (Wildman–Crippen LogP) is 3.24. The summed E-state index contributed by atoms with van der Waals surface area (Å²) in [7, 11) is -3.63. The first kappa shape index (κ1) is 15.6. The van der Waals surface area contributed by atoms with Gasteiger partial charge in [-0.3, -0.25) is 4.72 Å². The molecule has 0 bridgehead atoms. The molecule has 1 aromatic heterocycles. The second-order valence-corrected chi connectivity index (χ2v) is 7.83. The topological polar surface area (TPSA) is 72.0 Å². The SMILES string of the molecule is Cc1ccc(S(=O)(=O)Nc2nnc(Cc3ccccc3)s2)cc1. The Bertz CT molecular complexity index is 889. The van der Waals surface area contributed by atoms with Gasteiger partial charge in [0.25, 0.3) is 10.0 Å². The maximum absolute atomic E-state index is 12.3. The number of nitrogens with zero attached hydrogens (tertiary/aromatic N) is 2. The summed E-state index contributed by atoms with van der Waals surface area (Å²) in [5.74, 6) is 0. The van der Waals surface area contributed by atoms with E-state index in [1.54, 1.807) is 24.3 Å². The van der Waals surface area contributed by atoms with E-state index in [4.69, 9.17) is 0 Å². The molecular weight excluding hydrogens is 330 g/mol. The zero-order valence-electron chi connectivity index (χ0n) is 12.4. The lowest BCUT2D eigenvalue weighted by Crippen LogP contribution is -2.12. The van der Waals surface area contributed by atoms with Crippen LogP contribution in [0.3, 0.4) is 0 Å². The first-order valence-corrected chi connectivity index (χ1v) is 9.29. The van der Waals surface area contributed by atoms with Gasteiger partial charge in [-0.25, -0.2) is 8.42 Å². The number of nitrogens with one attached hydrogen (secondary N) is 1. The zero-order valence-corrected chi connectivity index (χ0v) is 14.1. The van der Waals surface area contributed by atoms with Gasteiger partial charge in [0.2, 0.25) is 5.13 Å². The molecule has 3 rings (SSSR count). The van der Waals surface area contributed by atoms with Gasteiger partial charge in [0.1, 0.15) is 5.01 Å². The van der Waals surface area contributed by atoms with Gasteiger partial charge in [-0.2, -0.15) is 0 Å². The summed E-state index contributed by atoms with van der Waals surface area (Å²) < 4.78 is 27.1. The molecule has 7 heteroatoms. The second-order valence-electron chi connectivity index (χ2n) is 5.08. The number of aromatic nitrogens is 2. The highest BCUT2D eigenvalue weighted by atomic mass is 32.2. The average molecular weight is 345 g/mol. The van der Waals surface area contributed by atoms with Crippen molar-refractivity contribution in [3.63, 3.8) is 0 Å². The first-order chi connectivity index (χ1) is 11.0. The van der Waals surface area contributed by atoms with Crippen molar-refractivity contribution in [3.05, 3.63) is 70.7 Å². The van der Waals surface area contributed by atoms with Crippen LogP contribution in [0.1, 0.15) is 16.1 Å². The Morgan fingerprint density at radius 1 is 1.00 bits per heavy atom. The fourth-order valence-corrected chi connectivity index (χ4v) is 4.03. The van der Waals surface area contributed by atoms with Gasteiger partial charge < -0.3 is 0 Å². The maximum Gasteiger partial charge on any atom is 0.263 e. The van der Waals surface area contributed by atoms with Crippen LogP contribution >= 0.6 is 11.3 Å². The van der Waals surface area contributed by atoms with E-state index < -0.39 is 10.0 Å². The summed E-state index contributed by atoms with van der Waals surface area (Å²) in [5.41, 5.74) is 2.11. The van der Waals surface area contributed by atoms with Crippen LogP contribution < -0.4 is 4.72 Å². The lowest BCUT2D eigenvalue weighted by Gasteiger charge is -2.04. The fraction of sp³-hybridized carbons (Fsp3) is 0.125. The largest absolute Gasteiger partial charge is 0.263 e. The van der Waals surface area contributed by atoms with Crippen molar-refractivity contribution in [2.45, 2.75) is 18.2 Å². The number of hydrogen-bond acceptors (Lipinski definition) is 5. The van der Waals surface area contributed by atoms with Gasteiger partial charge in [0.15, 0.2) is 0 Å². The zero-order chi connectivity index (χ0) is 16.3. The van der Waals surface area contributed by atoms with Crippen molar-refractivity contribution < 1.29 is 8.42 Å². The van der Waals surface area contributed by atoms with Crippen LogP contribution in [0.25, 0.3) is 0 Å². The number of sulfonamides is 1. The number of hydrogen-bond donors (Lipinski definition) is 1. The first-order valence-electron chi connectivity index (χ1n) is 6.99. The number of aryl methyl sites for hydroxylation is 1. The predicted molar refractivity (Wildman–Crippen MR) is 91.1 cm³/mol. The van der Waals surface area contributed by atoms with Crippen molar-refractivity contribution in [3.8, 4) is 0 Å². The minimum Gasteiger partial charge on any atom is -0.253 e. The molecule has 0 atom stereocenters. The standard InChI is InChI=1S/C16H15N3O2S2/c1-12-7-9-14(10-8-12)23(20,21)19-16-18-17-15(22-16)11-13-5-3-2-4-6-13/h2-10H,11H2,1H3,(H,18,19). The van der Waals surface area contributed by atoms with E-state index in [2.05, 4.69) is 14.9 Å². The molecule has 3 aromatic rings. The molecule has 0 spiro atoms. The number of benzene rings is 2. The van der Waals surface area contributed by atoms with Gasteiger partial charge in [-0.05, 0) is 24.6 Å². The third-order valence-electron chi connectivity index (χ3n) is 3.22. The van der Waals surface area contributed by atoms with Gasteiger partial charge in [0.05, 0.1) is 4.90 Å². The van der Waals surface area contributed by atoms with Crippen LogP contribution in [0.4, 0.5) is 5.13 Å². The third-order valence-corrected chi connectivity index (χ3v) is 5.54. The van der Waals surface area contributed by atoms with Crippen LogP contribution in [0.2, 0.25) is 0 Å². The molecule has 0 aliphatic rings. The molecule has 23 heavy (non-hydrogen) atoms. The van der Waals surface area contributed by atoms with Crippen LogP contribution in [-0.4, -0.2) is 18.6 Å². The number of anilines is 1. The number of rotatable bonds is 5. The highest BCUT2D eigenvalue weighted by Gasteiger charge is 2.16. The van der Waals surface area contributed by atoms with E-state index >= 15 is 0 Å². The lowest BCUT2D eigenvalue weighted by molar-refractivity contribution is 0.601. The van der Waals surface area contributed by atoms with E-state index in [1.165, 1.54) is 11.3 Å². The molecule has 0 aliphatic heterocycles. The summed E-state index contributed by atoms with van der Waals surface area (Å²) in [6.45, 7) is 1.91. The van der Waals surface area contributed by atoms with Crippen molar-refractivity contribution in [1.82, 2.24) is 10.2 Å². The van der Waals surface area contributed by atoms with E-state index in [0.29, 0.717) is 6.42 Å². The highest BCUT2D eigenvalue weighted by molar-refractivity contribution is 7.93. The molecule has 0 amide bonds. The van der Waals surface area contributed by atoms with E-state index in [0.717, 1.165) is 16.1 Å². The summed E-state index contributed by atoms with van der Waals surface area (Å²) in [5, 5.41) is 9.00. The van der Waals surface area contributed by atoms with Crippen LogP contribution in [0.15, 0.2) is 59.5 Å². The van der Waals surface area contributed by atoms with Crippen LogP contribution in [0.5, 0.6) is 0 Å². The van der Waals surface area contributed by atoms with Crippen LogP contribution in [-0.2, 0) is 16.4 Å². The Labute approximate surface area is 139 Å². The molecule has 5 nitrogen and oxygen atoms in total. The molecule has 1 heterocycles. The molecule has 1 N–H and O–H groups in total. The third kappa shape index (κ3) is 3.94. The Kier molecular flexibility index (Phi) is 4.40. The van der Waals surface area contributed by atoms with E-state index in [-0.39, 0.29) is 10.0 Å². The summed E-state index contributed by atoms with van der Waals surface area (Å²) in [6, 6.07) is 16.5. The van der Waals surface area contributed by atoms with Gasteiger partial charge in [-0.1, -0.05) is 59.4 Å². The van der Waals surface area contributed by atoms with Gasteiger partial charge in [0, 0.05) is 6.42 Å². The van der Waals surface area contributed by atoms with E-state index in [9.17, 15) is 8.42 Å². The molecule has 0 saturated carbocycles. The van der Waals surface area contributed by atoms with Gasteiger partial charge in [-0.15, -0.1) is 10.2 Å². The molecule has 118 valence electrons. The average Bonchev–Trinajstić information content (AvgIpc) is 2.95. The van der Waals surface area contributed by atoms with Gasteiger partial charge >= 0.3 is 0 Å². The monoisotopic (exact) mass is 345 g/mol. The normalized spacial score (nSPS) is 11.3. The lowest BCUT2D eigenvalue weighted by atomic mass is 10.2. The molecule has 0 radical (unpaired) electrons. The quantitative estimate of drug-likeness (QED) is 0.770. The minimum atomic E-state index is -3.63. The minimum absolute atomic E-state index is 0.211. The summed E-state index contributed by atoms with van der Waals surface area (Å²) >= 11 is 1.24. The molecule has 0 saturated heterocycles.